The molecule has 1 unspecified atom stereocenters. The van der Waals surface area contributed by atoms with Crippen molar-refractivity contribution in [2.45, 2.75) is 6.10 Å². The number of esters is 1. The topological polar surface area (TPSA) is 81.9 Å². The molecule has 2 N–H and O–H groups in total. The van der Waals surface area contributed by atoms with E-state index < -0.39 is 18.2 Å². The Hall–Kier alpha value is -2.73. The number of cyclic esters (lactones) is 1. The molecule has 1 aliphatic heterocycles. The molecule has 0 radical (unpaired) electrons. The molecular weight excluding hydrogens is 332 g/mol. The fourth-order valence-electron chi connectivity index (χ4n) is 2.54. The summed E-state index contributed by atoms with van der Waals surface area (Å²) in [6.45, 7) is 0.345. The van der Waals surface area contributed by atoms with E-state index in [-0.39, 0.29) is 11.3 Å². The van der Waals surface area contributed by atoms with Crippen molar-refractivity contribution in [2.75, 3.05) is 24.3 Å². The summed E-state index contributed by atoms with van der Waals surface area (Å²) < 4.78 is 10.1. The summed E-state index contributed by atoms with van der Waals surface area (Å²) in [7, 11) is 1.28. The van der Waals surface area contributed by atoms with Gasteiger partial charge in [-0.1, -0.05) is 23.7 Å². The van der Waals surface area contributed by atoms with E-state index in [0.717, 1.165) is 5.56 Å². The maximum absolute atomic E-state index is 12.2. The Bertz CT molecular complexity index is 792. The number of hydrogen-bond donors (Lipinski definition) is 1. The molecule has 1 saturated heterocycles. The molecule has 1 amide bonds. The zero-order valence-electron chi connectivity index (χ0n) is 12.9. The summed E-state index contributed by atoms with van der Waals surface area (Å²) in [6, 6.07) is 11.8. The standard InChI is InChI=1S/C17H15ClN2O4/c1-23-16(21)13-7-6-12(8-14(13)19)20-9-15(24-17(20)22)10-2-4-11(18)5-3-10/h2-8,15H,9,19H2,1H3. The van der Waals surface area contributed by atoms with Crippen LogP contribution < -0.4 is 10.6 Å². The molecule has 1 atom stereocenters. The highest BCUT2D eigenvalue weighted by atomic mass is 35.5. The van der Waals surface area contributed by atoms with Crippen molar-refractivity contribution in [1.82, 2.24) is 0 Å². The maximum Gasteiger partial charge on any atom is 0.415 e. The molecule has 24 heavy (non-hydrogen) atoms. The van der Waals surface area contributed by atoms with Crippen molar-refractivity contribution < 1.29 is 19.1 Å². The van der Waals surface area contributed by atoms with Gasteiger partial charge in [-0.3, -0.25) is 4.90 Å². The Morgan fingerprint density at radius 2 is 2.00 bits per heavy atom. The minimum Gasteiger partial charge on any atom is -0.465 e. The SMILES string of the molecule is COC(=O)c1ccc(N2CC(c3ccc(Cl)cc3)OC2=O)cc1N. The minimum atomic E-state index is -0.526. The molecular formula is C17H15ClN2O4. The van der Waals surface area contributed by atoms with Gasteiger partial charge in [-0.05, 0) is 35.9 Å². The molecule has 7 heteroatoms. The summed E-state index contributed by atoms with van der Waals surface area (Å²) in [4.78, 5) is 25.2. The van der Waals surface area contributed by atoms with Crippen LogP contribution in [-0.4, -0.2) is 25.7 Å². The van der Waals surface area contributed by atoms with Gasteiger partial charge >= 0.3 is 12.1 Å². The number of anilines is 2. The first-order valence-electron chi connectivity index (χ1n) is 7.21. The predicted molar refractivity (Wildman–Crippen MR) is 90.2 cm³/mol. The normalized spacial score (nSPS) is 16.8. The Labute approximate surface area is 143 Å². The third-order valence-electron chi connectivity index (χ3n) is 3.81. The van der Waals surface area contributed by atoms with Crippen LogP contribution in [0.15, 0.2) is 42.5 Å². The maximum atomic E-state index is 12.2. The van der Waals surface area contributed by atoms with Gasteiger partial charge in [-0.2, -0.15) is 0 Å². The van der Waals surface area contributed by atoms with E-state index in [4.69, 9.17) is 22.1 Å². The molecule has 1 fully saturated rings. The Morgan fingerprint density at radius 1 is 1.29 bits per heavy atom. The largest absolute Gasteiger partial charge is 0.465 e. The molecule has 1 aliphatic rings. The fourth-order valence-corrected chi connectivity index (χ4v) is 2.66. The first-order chi connectivity index (χ1) is 11.5. The monoisotopic (exact) mass is 346 g/mol. The second-order valence-corrected chi connectivity index (χ2v) is 5.73. The first kappa shape index (κ1) is 16.1. The van der Waals surface area contributed by atoms with Gasteiger partial charge < -0.3 is 15.2 Å². The van der Waals surface area contributed by atoms with Crippen LogP contribution in [0.2, 0.25) is 5.02 Å². The zero-order valence-corrected chi connectivity index (χ0v) is 13.6. The van der Waals surface area contributed by atoms with Gasteiger partial charge in [0.1, 0.15) is 6.10 Å². The smallest absolute Gasteiger partial charge is 0.415 e. The van der Waals surface area contributed by atoms with Crippen LogP contribution in [0.3, 0.4) is 0 Å². The number of carbonyl (C=O) groups excluding carboxylic acids is 2. The Morgan fingerprint density at radius 3 is 2.62 bits per heavy atom. The van der Waals surface area contributed by atoms with Gasteiger partial charge in [0.15, 0.2) is 0 Å². The van der Waals surface area contributed by atoms with Gasteiger partial charge in [0.25, 0.3) is 0 Å². The molecule has 2 aromatic carbocycles. The third-order valence-corrected chi connectivity index (χ3v) is 4.06. The number of halogens is 1. The van der Waals surface area contributed by atoms with Gasteiger partial charge in [0.05, 0.1) is 19.2 Å². The van der Waals surface area contributed by atoms with Gasteiger partial charge in [0, 0.05) is 16.4 Å². The number of methoxy groups -OCH3 is 1. The molecule has 3 rings (SSSR count). The Balaban J connectivity index is 1.83. The highest BCUT2D eigenvalue weighted by Crippen LogP contribution is 2.32. The van der Waals surface area contributed by atoms with Crippen molar-refractivity contribution in [3.8, 4) is 0 Å². The summed E-state index contributed by atoms with van der Waals surface area (Å²) in [6.07, 6.45) is -0.864. The minimum absolute atomic E-state index is 0.238. The van der Waals surface area contributed by atoms with E-state index >= 15 is 0 Å². The van der Waals surface area contributed by atoms with Crippen LogP contribution in [0, 0.1) is 0 Å². The zero-order chi connectivity index (χ0) is 17.3. The highest BCUT2D eigenvalue weighted by molar-refractivity contribution is 6.30. The molecule has 0 bridgehead atoms. The molecule has 0 aliphatic carbocycles. The van der Waals surface area contributed by atoms with Crippen molar-refractivity contribution in [1.29, 1.82) is 0 Å². The lowest BCUT2D eigenvalue weighted by molar-refractivity contribution is 0.0602. The van der Waals surface area contributed by atoms with Gasteiger partial charge in [-0.25, -0.2) is 9.59 Å². The fraction of sp³-hybridized carbons (Fsp3) is 0.176. The molecule has 2 aromatic rings. The van der Waals surface area contributed by atoms with Crippen molar-refractivity contribution in [3.05, 3.63) is 58.6 Å². The molecule has 0 saturated carbocycles. The van der Waals surface area contributed by atoms with E-state index in [9.17, 15) is 9.59 Å². The second kappa shape index (κ2) is 6.41. The lowest BCUT2D eigenvalue weighted by Crippen LogP contribution is -2.24. The highest BCUT2D eigenvalue weighted by Gasteiger charge is 2.33. The van der Waals surface area contributed by atoms with E-state index in [1.165, 1.54) is 18.1 Å². The second-order valence-electron chi connectivity index (χ2n) is 5.30. The van der Waals surface area contributed by atoms with Crippen LogP contribution in [0.4, 0.5) is 16.2 Å². The Kier molecular flexibility index (Phi) is 4.31. The van der Waals surface area contributed by atoms with E-state index in [2.05, 4.69) is 4.74 Å². The molecule has 1 heterocycles. The first-order valence-corrected chi connectivity index (χ1v) is 7.59. The average Bonchev–Trinajstić information content (AvgIpc) is 2.96. The molecule has 0 aromatic heterocycles. The van der Waals surface area contributed by atoms with Gasteiger partial charge in [0.2, 0.25) is 0 Å². The lowest BCUT2D eigenvalue weighted by atomic mass is 10.1. The van der Waals surface area contributed by atoms with Crippen molar-refractivity contribution in [2.24, 2.45) is 0 Å². The van der Waals surface area contributed by atoms with Crippen LogP contribution in [0.5, 0.6) is 0 Å². The number of benzene rings is 2. The predicted octanol–water partition coefficient (Wildman–Crippen LogP) is 3.41. The number of hydrogen-bond acceptors (Lipinski definition) is 5. The molecule has 124 valence electrons. The average molecular weight is 347 g/mol. The third kappa shape index (κ3) is 3.00. The molecule has 0 spiro atoms. The number of rotatable bonds is 3. The van der Waals surface area contributed by atoms with Crippen LogP contribution in [0.25, 0.3) is 0 Å². The van der Waals surface area contributed by atoms with Crippen molar-refractivity contribution >= 4 is 35.0 Å². The van der Waals surface area contributed by atoms with E-state index in [1.807, 2.05) is 12.1 Å². The summed E-state index contributed by atoms with van der Waals surface area (Å²) in [5.41, 5.74) is 7.78. The van der Waals surface area contributed by atoms with Crippen LogP contribution in [0.1, 0.15) is 22.0 Å². The lowest BCUT2D eigenvalue weighted by Gasteiger charge is -2.14. The van der Waals surface area contributed by atoms with E-state index in [1.54, 1.807) is 24.3 Å². The molecule has 6 nitrogen and oxygen atoms in total. The van der Waals surface area contributed by atoms with E-state index in [0.29, 0.717) is 17.3 Å². The quantitative estimate of drug-likeness (QED) is 0.680. The van der Waals surface area contributed by atoms with Crippen molar-refractivity contribution in [3.63, 3.8) is 0 Å². The van der Waals surface area contributed by atoms with Crippen LogP contribution >= 0.6 is 11.6 Å². The number of nitrogens with zero attached hydrogens (tertiary/aromatic N) is 1. The number of nitrogen functional groups attached to an aromatic ring is 1. The summed E-state index contributed by atoms with van der Waals surface area (Å²) in [5.74, 6) is -0.526. The number of amides is 1. The number of ether oxygens (including phenoxy) is 2. The van der Waals surface area contributed by atoms with Crippen LogP contribution in [-0.2, 0) is 9.47 Å². The summed E-state index contributed by atoms with van der Waals surface area (Å²) in [5, 5.41) is 0.617. The summed E-state index contributed by atoms with van der Waals surface area (Å²) >= 11 is 5.87. The van der Waals surface area contributed by atoms with Gasteiger partial charge in [-0.15, -0.1) is 0 Å². The number of nitrogens with two attached hydrogens (primary N) is 1. The number of carbonyl (C=O) groups is 2.